The van der Waals surface area contributed by atoms with Crippen LogP contribution in [0.15, 0.2) is 29.1 Å². The average molecular weight is 936 g/mol. The van der Waals surface area contributed by atoms with Gasteiger partial charge in [0.15, 0.2) is 0 Å². The number of nitrogens with zero attached hydrogens (tertiary/aromatic N) is 2. The normalized spacial score (nSPS) is 16.3. The quantitative estimate of drug-likeness (QED) is 0.0350. The highest BCUT2D eigenvalue weighted by molar-refractivity contribution is 5.93. The van der Waals surface area contributed by atoms with E-state index in [4.69, 9.17) is 29.0 Å². The molecule has 0 radical (unpaired) electrons. The number of carbonyl (C=O) groups is 7. The lowest BCUT2D eigenvalue weighted by Gasteiger charge is -2.35. The van der Waals surface area contributed by atoms with Crippen molar-refractivity contribution in [3.63, 3.8) is 0 Å². The molecule has 3 unspecified atom stereocenters. The molecular formula is C46H61N7O14. The molecule has 0 saturated carbocycles. The number of ether oxygens (including phenoxy) is 4. The molecule has 21 heteroatoms. The van der Waals surface area contributed by atoms with Gasteiger partial charge in [0.2, 0.25) is 29.2 Å². The number of aliphatic hydroxyl groups is 2. The molecule has 2 aliphatic rings. The minimum absolute atomic E-state index is 0.0261. The first-order valence-electron chi connectivity index (χ1n) is 22.3. The Hall–Kier alpha value is -6.45. The van der Waals surface area contributed by atoms with Gasteiger partial charge < -0.3 is 60.3 Å². The summed E-state index contributed by atoms with van der Waals surface area (Å²) >= 11 is 0. The number of alkyl carbamates (subject to hydrolysis) is 1. The maximum Gasteiger partial charge on any atom is 0.408 e. The van der Waals surface area contributed by atoms with Crippen LogP contribution in [0.5, 0.6) is 5.75 Å². The van der Waals surface area contributed by atoms with E-state index in [9.17, 15) is 43.5 Å². The molecule has 0 aliphatic carbocycles. The van der Waals surface area contributed by atoms with E-state index in [0.717, 1.165) is 16.5 Å². The predicted octanol–water partition coefficient (Wildman–Crippen LogP) is 1.11. The second-order valence-electron chi connectivity index (χ2n) is 17.4. The zero-order valence-electron chi connectivity index (χ0n) is 38.9. The van der Waals surface area contributed by atoms with Crippen LogP contribution in [0.25, 0.3) is 22.3 Å². The Kier molecular flexibility index (Phi) is 17.2. The molecule has 2 aromatic heterocycles. The van der Waals surface area contributed by atoms with E-state index in [0.29, 0.717) is 35.5 Å². The van der Waals surface area contributed by atoms with Gasteiger partial charge in [-0.15, -0.1) is 0 Å². The number of hydrogen-bond acceptors (Lipinski definition) is 15. The summed E-state index contributed by atoms with van der Waals surface area (Å²) in [6, 6.07) is 4.75. The minimum Gasteiger partial charge on any atom is -0.457 e. The first kappa shape index (κ1) is 51.5. The van der Waals surface area contributed by atoms with Crippen molar-refractivity contribution in [2.45, 2.75) is 118 Å². The van der Waals surface area contributed by atoms with Gasteiger partial charge in [-0.3, -0.25) is 28.8 Å². The van der Waals surface area contributed by atoms with Gasteiger partial charge in [0.1, 0.15) is 30.5 Å². The molecule has 0 saturated heterocycles. The van der Waals surface area contributed by atoms with Gasteiger partial charge in [-0.25, -0.2) is 14.6 Å². The van der Waals surface area contributed by atoms with Gasteiger partial charge in [0.25, 0.3) is 5.56 Å². The van der Waals surface area contributed by atoms with Crippen molar-refractivity contribution in [3.8, 4) is 17.1 Å². The van der Waals surface area contributed by atoms with Gasteiger partial charge in [-0.05, 0) is 83.7 Å². The molecular weight excluding hydrogens is 875 g/mol. The molecule has 5 amide bonds. The summed E-state index contributed by atoms with van der Waals surface area (Å²) in [6.07, 6.45) is -1.36. The lowest BCUT2D eigenvalue weighted by atomic mass is 9.85. The van der Waals surface area contributed by atoms with E-state index in [1.807, 2.05) is 6.92 Å². The van der Waals surface area contributed by atoms with E-state index < -0.39 is 71.2 Å². The Morgan fingerprint density at radius 3 is 2.30 bits per heavy atom. The van der Waals surface area contributed by atoms with Gasteiger partial charge in [0.05, 0.1) is 47.6 Å². The van der Waals surface area contributed by atoms with Crippen LogP contribution in [0.3, 0.4) is 0 Å². The zero-order chi connectivity index (χ0) is 49.2. The fourth-order valence-corrected chi connectivity index (χ4v) is 7.50. The van der Waals surface area contributed by atoms with Crippen molar-refractivity contribution >= 4 is 52.6 Å². The van der Waals surface area contributed by atoms with Crippen LogP contribution in [-0.4, -0.2) is 119 Å². The van der Waals surface area contributed by atoms with Crippen molar-refractivity contribution in [2.75, 3.05) is 39.5 Å². The van der Waals surface area contributed by atoms with E-state index >= 15 is 0 Å². The number of carbonyl (C=O) groups excluding carboxylic acids is 7. The second-order valence-corrected chi connectivity index (χ2v) is 17.4. The number of esters is 2. The molecule has 0 spiro atoms. The Morgan fingerprint density at radius 1 is 0.910 bits per heavy atom. The largest absolute Gasteiger partial charge is 0.457 e. The third kappa shape index (κ3) is 12.3. The van der Waals surface area contributed by atoms with Crippen LogP contribution in [0.4, 0.5) is 4.79 Å². The zero-order valence-corrected chi connectivity index (χ0v) is 38.9. The molecule has 3 aromatic rings. The van der Waals surface area contributed by atoms with E-state index in [-0.39, 0.29) is 88.3 Å². The van der Waals surface area contributed by atoms with Crippen LogP contribution in [0.1, 0.15) is 96.4 Å². The molecule has 4 heterocycles. The molecule has 21 nitrogen and oxygen atoms in total. The molecule has 0 bridgehead atoms. The number of fused-ring (bicyclic) bond motifs is 5. The Morgan fingerprint density at radius 2 is 1.61 bits per heavy atom. The number of pyridine rings is 2. The molecule has 5 rings (SSSR count). The number of nitrogens with one attached hydrogen (secondary N) is 5. The van der Waals surface area contributed by atoms with E-state index in [1.54, 1.807) is 56.5 Å². The number of rotatable bonds is 21. The molecule has 0 fully saturated rings. The van der Waals surface area contributed by atoms with E-state index in [1.165, 1.54) is 13.8 Å². The Balaban J connectivity index is 1.14. The molecule has 7 N–H and O–H groups in total. The summed E-state index contributed by atoms with van der Waals surface area (Å²) in [5, 5.41) is 31.5. The highest BCUT2D eigenvalue weighted by Crippen LogP contribution is 2.42. The molecule has 2 aliphatic heterocycles. The van der Waals surface area contributed by atoms with Crippen LogP contribution < -0.4 is 36.9 Å². The molecule has 364 valence electrons. The van der Waals surface area contributed by atoms with Crippen LogP contribution >= 0.6 is 0 Å². The summed E-state index contributed by atoms with van der Waals surface area (Å²) < 4.78 is 23.6. The predicted molar refractivity (Wildman–Crippen MR) is 240 cm³/mol. The molecule has 1 aromatic carbocycles. The van der Waals surface area contributed by atoms with Crippen LogP contribution in [-0.2, 0) is 68.2 Å². The van der Waals surface area contributed by atoms with Gasteiger partial charge in [-0.1, -0.05) is 13.8 Å². The third-order valence-corrected chi connectivity index (χ3v) is 11.3. The van der Waals surface area contributed by atoms with Crippen molar-refractivity contribution in [3.05, 3.63) is 56.9 Å². The van der Waals surface area contributed by atoms with Crippen molar-refractivity contribution in [1.82, 2.24) is 36.1 Å². The average Bonchev–Trinajstić information content (AvgIpc) is 3.66. The summed E-state index contributed by atoms with van der Waals surface area (Å²) in [6.45, 7) is 11.4. The maximum atomic E-state index is 14.2. The van der Waals surface area contributed by atoms with Crippen molar-refractivity contribution in [1.29, 1.82) is 0 Å². The fraction of sp³-hybridized carbons (Fsp3) is 0.543. The number of hydrogen-bond donors (Lipinski definition) is 7. The van der Waals surface area contributed by atoms with Crippen LogP contribution in [0, 0.1) is 5.41 Å². The molecule has 4 atom stereocenters. The summed E-state index contributed by atoms with van der Waals surface area (Å²) in [4.78, 5) is 109. The monoisotopic (exact) mass is 935 g/mol. The first-order chi connectivity index (χ1) is 31.7. The van der Waals surface area contributed by atoms with Gasteiger partial charge in [0, 0.05) is 55.6 Å². The Labute approximate surface area is 387 Å². The smallest absolute Gasteiger partial charge is 0.408 e. The number of aromatic nitrogens is 2. The van der Waals surface area contributed by atoms with Gasteiger partial charge in [-0.2, -0.15) is 0 Å². The Bertz CT molecular complexity index is 2450. The summed E-state index contributed by atoms with van der Waals surface area (Å²) in [5.74, 6) is -3.08. The number of aryl methyl sites for hydroxylation is 1. The SMILES string of the molecule is CCc1c2c(nc3ccc(OC(=O)C(C)(C)C)cc13)-c1cc3c(c(=O)n1C2)COC(=O)[C@@]3(CC)OC(=O)NCCNC(=O)C(C)NC(=O)C(C)NC(=O)CCC(=O)NCCCOCC(O)CO. The summed E-state index contributed by atoms with van der Waals surface area (Å²) in [5.41, 5.74) is 0.470. The maximum absolute atomic E-state index is 14.2. The number of benzene rings is 1. The number of cyclic esters (lactones) is 1. The standard InChI is InChI=1S/C46H61N7O14/c1-8-29-30-19-28(66-42(61)45(5,6)7)11-12-34(30)52-38-31(29)21-53-35(38)20-33-32(41(53)60)24-65-43(62)46(33,9-2)67-44(63)49-17-16-48-39(58)25(3)51-40(59)26(4)50-37(57)14-13-36(56)47-15-10-18-64-23-27(55)22-54/h11-12,19-20,25-27,54-55H,8-10,13-18,21-24H2,1-7H3,(H,47,56)(H,48,58)(H,49,63)(H,50,57)(H,51,59)/t25?,26?,27?,46-/m0/s1. The first-order valence-corrected chi connectivity index (χ1v) is 22.3. The van der Waals surface area contributed by atoms with Crippen molar-refractivity contribution in [2.24, 2.45) is 5.41 Å². The third-order valence-electron chi connectivity index (χ3n) is 11.3. The van der Waals surface area contributed by atoms with Crippen molar-refractivity contribution < 1.29 is 62.7 Å². The summed E-state index contributed by atoms with van der Waals surface area (Å²) in [7, 11) is 0. The van der Waals surface area contributed by atoms with Crippen LogP contribution in [0.2, 0.25) is 0 Å². The lowest BCUT2D eigenvalue weighted by molar-refractivity contribution is -0.172. The van der Waals surface area contributed by atoms with Gasteiger partial charge >= 0.3 is 18.0 Å². The van der Waals surface area contributed by atoms with E-state index in [2.05, 4.69) is 26.6 Å². The highest BCUT2D eigenvalue weighted by atomic mass is 16.6. The fourth-order valence-electron chi connectivity index (χ4n) is 7.50. The highest BCUT2D eigenvalue weighted by Gasteiger charge is 2.50. The number of aliphatic hydroxyl groups excluding tert-OH is 2. The number of amides is 5. The minimum atomic E-state index is -1.99. The lowest BCUT2D eigenvalue weighted by Crippen LogP contribution is -2.52. The molecule has 67 heavy (non-hydrogen) atoms. The topological polar surface area (TPSA) is 292 Å². The second kappa shape index (κ2) is 22.4.